The van der Waals surface area contributed by atoms with Crippen LogP contribution in [0.1, 0.15) is 25.6 Å². The van der Waals surface area contributed by atoms with Gasteiger partial charge >= 0.3 is 0 Å². The van der Waals surface area contributed by atoms with Crippen molar-refractivity contribution in [2.24, 2.45) is 0 Å². The first-order valence-corrected chi connectivity index (χ1v) is 5.16. The molecule has 2 heterocycles. The van der Waals surface area contributed by atoms with Crippen molar-refractivity contribution in [2.45, 2.75) is 26.2 Å². The molecule has 0 N–H and O–H groups in total. The van der Waals surface area contributed by atoms with Crippen molar-refractivity contribution in [3.05, 3.63) is 22.5 Å². The molecule has 0 radical (unpaired) electrons. The van der Waals surface area contributed by atoms with Gasteiger partial charge in [-0.2, -0.15) is 5.10 Å². The van der Waals surface area contributed by atoms with Gasteiger partial charge in [-0.25, -0.2) is 0 Å². The molecular weight excluding hydrogens is 180 g/mol. The van der Waals surface area contributed by atoms with E-state index in [0.717, 1.165) is 5.52 Å². The molecule has 0 aliphatic heterocycles. The Morgan fingerprint density at radius 3 is 2.77 bits per heavy atom. The van der Waals surface area contributed by atoms with Gasteiger partial charge in [0, 0.05) is 15.6 Å². The van der Waals surface area contributed by atoms with E-state index in [1.807, 2.05) is 6.07 Å². The summed E-state index contributed by atoms with van der Waals surface area (Å²) in [7, 11) is 0. The Labute approximate surface area is 81.6 Å². The van der Waals surface area contributed by atoms with Crippen LogP contribution in [0.15, 0.2) is 17.6 Å². The highest BCUT2D eigenvalue weighted by atomic mass is 32.1. The molecule has 0 unspecified atom stereocenters. The Bertz CT molecular complexity index is 426. The molecule has 0 aliphatic rings. The quantitative estimate of drug-likeness (QED) is 0.641. The summed E-state index contributed by atoms with van der Waals surface area (Å²) < 4.78 is 0. The van der Waals surface area contributed by atoms with E-state index in [4.69, 9.17) is 0 Å². The zero-order chi connectivity index (χ0) is 9.47. The normalized spacial score (nSPS) is 12.2. The molecule has 13 heavy (non-hydrogen) atoms. The summed E-state index contributed by atoms with van der Waals surface area (Å²) in [6.45, 7) is 6.60. The molecule has 2 aromatic heterocycles. The minimum atomic E-state index is 0.169. The number of aromatic nitrogens is 2. The van der Waals surface area contributed by atoms with Crippen LogP contribution in [0.4, 0.5) is 0 Å². The Balaban J connectivity index is 2.72. The van der Waals surface area contributed by atoms with Crippen molar-refractivity contribution in [3.8, 4) is 0 Å². The zero-order valence-corrected chi connectivity index (χ0v) is 8.85. The lowest BCUT2D eigenvalue weighted by Gasteiger charge is -2.15. The maximum Gasteiger partial charge on any atom is 0.107 e. The van der Waals surface area contributed by atoms with Crippen LogP contribution in [0.3, 0.4) is 0 Å². The molecule has 2 rings (SSSR count). The second kappa shape index (κ2) is 2.77. The van der Waals surface area contributed by atoms with Crippen LogP contribution in [0, 0.1) is 0 Å². The average Bonchev–Trinajstić information content (AvgIpc) is 2.45. The minimum absolute atomic E-state index is 0.169. The molecule has 0 aliphatic carbocycles. The van der Waals surface area contributed by atoms with Gasteiger partial charge in [0.25, 0.3) is 0 Å². The molecule has 0 saturated carbocycles. The van der Waals surface area contributed by atoms with Crippen molar-refractivity contribution in [2.75, 3.05) is 0 Å². The molecule has 0 aromatic carbocycles. The highest BCUT2D eigenvalue weighted by Crippen LogP contribution is 2.33. The van der Waals surface area contributed by atoms with Crippen LogP contribution < -0.4 is 0 Å². The lowest BCUT2D eigenvalue weighted by Crippen LogP contribution is -2.09. The first kappa shape index (κ1) is 8.63. The third-order valence-electron chi connectivity index (χ3n) is 1.95. The van der Waals surface area contributed by atoms with Crippen LogP contribution in [-0.2, 0) is 5.41 Å². The predicted molar refractivity (Wildman–Crippen MR) is 56.1 cm³/mol. The van der Waals surface area contributed by atoms with E-state index in [9.17, 15) is 0 Å². The van der Waals surface area contributed by atoms with Crippen molar-refractivity contribution >= 4 is 22.2 Å². The molecular formula is C10H12N2S. The van der Waals surface area contributed by atoms with Crippen LogP contribution in [0.5, 0.6) is 0 Å². The summed E-state index contributed by atoms with van der Waals surface area (Å²) in [5.74, 6) is 0. The van der Waals surface area contributed by atoms with Crippen LogP contribution in [0.2, 0.25) is 0 Å². The van der Waals surface area contributed by atoms with Gasteiger partial charge in [-0.15, -0.1) is 16.4 Å². The zero-order valence-electron chi connectivity index (χ0n) is 8.03. The van der Waals surface area contributed by atoms with E-state index >= 15 is 0 Å². The number of thiophene rings is 1. The second-order valence-corrected chi connectivity index (χ2v) is 5.03. The van der Waals surface area contributed by atoms with E-state index in [2.05, 4.69) is 36.3 Å². The first-order chi connectivity index (χ1) is 6.09. The van der Waals surface area contributed by atoms with Crippen molar-refractivity contribution in [1.29, 1.82) is 0 Å². The largest absolute Gasteiger partial charge is 0.158 e. The molecule has 0 saturated heterocycles. The molecule has 3 heteroatoms. The van der Waals surface area contributed by atoms with E-state index in [-0.39, 0.29) is 5.41 Å². The summed E-state index contributed by atoms with van der Waals surface area (Å²) in [4.78, 5) is 1.32. The number of rotatable bonds is 0. The average molecular weight is 192 g/mol. The summed E-state index contributed by atoms with van der Waals surface area (Å²) in [5, 5.41) is 11.4. The Kier molecular flexibility index (Phi) is 1.84. The fourth-order valence-corrected chi connectivity index (χ4v) is 2.38. The van der Waals surface area contributed by atoms with Gasteiger partial charge in [-0.05, 0) is 11.5 Å². The van der Waals surface area contributed by atoms with Gasteiger partial charge in [0.05, 0.1) is 6.20 Å². The highest BCUT2D eigenvalue weighted by Gasteiger charge is 2.19. The SMILES string of the molecule is CC(C)(C)c1scc2ccnnc12. The van der Waals surface area contributed by atoms with E-state index < -0.39 is 0 Å². The van der Waals surface area contributed by atoms with Gasteiger partial charge < -0.3 is 0 Å². The van der Waals surface area contributed by atoms with Gasteiger partial charge in [-0.1, -0.05) is 20.8 Å². The standard InChI is InChI=1S/C10H12N2S/c1-10(2,3)9-8-7(6-13-9)4-5-11-12-8/h4-6H,1-3H3. The summed E-state index contributed by atoms with van der Waals surface area (Å²) in [5.41, 5.74) is 1.22. The summed E-state index contributed by atoms with van der Waals surface area (Å²) >= 11 is 1.77. The van der Waals surface area contributed by atoms with Gasteiger partial charge in [0.15, 0.2) is 0 Å². The molecule has 68 valence electrons. The molecule has 0 spiro atoms. The van der Waals surface area contributed by atoms with Gasteiger partial charge in [0.2, 0.25) is 0 Å². The van der Waals surface area contributed by atoms with E-state index in [0.29, 0.717) is 0 Å². The van der Waals surface area contributed by atoms with Gasteiger partial charge in [0.1, 0.15) is 5.52 Å². The Hall–Kier alpha value is -0.960. The third-order valence-corrected chi connectivity index (χ3v) is 3.37. The minimum Gasteiger partial charge on any atom is -0.158 e. The predicted octanol–water partition coefficient (Wildman–Crippen LogP) is 2.99. The molecule has 0 atom stereocenters. The number of fused-ring (bicyclic) bond motifs is 1. The molecule has 0 bridgehead atoms. The van der Waals surface area contributed by atoms with Crippen LogP contribution in [-0.4, -0.2) is 10.2 Å². The topological polar surface area (TPSA) is 25.8 Å². The van der Waals surface area contributed by atoms with Crippen molar-refractivity contribution < 1.29 is 0 Å². The Morgan fingerprint density at radius 1 is 1.31 bits per heavy atom. The Morgan fingerprint density at radius 2 is 2.08 bits per heavy atom. The van der Waals surface area contributed by atoms with E-state index in [1.54, 1.807) is 17.5 Å². The lowest BCUT2D eigenvalue weighted by atomic mass is 9.94. The smallest absolute Gasteiger partial charge is 0.107 e. The number of nitrogens with zero attached hydrogens (tertiary/aromatic N) is 2. The monoisotopic (exact) mass is 192 g/mol. The third kappa shape index (κ3) is 1.44. The highest BCUT2D eigenvalue weighted by molar-refractivity contribution is 7.11. The fourth-order valence-electron chi connectivity index (χ4n) is 1.32. The summed E-state index contributed by atoms with van der Waals surface area (Å²) in [6, 6.07) is 2.01. The van der Waals surface area contributed by atoms with Crippen LogP contribution >= 0.6 is 11.3 Å². The maximum absolute atomic E-state index is 4.17. The molecule has 0 amide bonds. The molecule has 2 aromatic rings. The van der Waals surface area contributed by atoms with Crippen molar-refractivity contribution in [1.82, 2.24) is 10.2 Å². The van der Waals surface area contributed by atoms with E-state index in [1.165, 1.54) is 10.3 Å². The second-order valence-electron chi connectivity index (χ2n) is 4.15. The lowest BCUT2D eigenvalue weighted by molar-refractivity contribution is 0.607. The maximum atomic E-state index is 4.17. The molecule has 0 fully saturated rings. The van der Waals surface area contributed by atoms with Crippen LogP contribution in [0.25, 0.3) is 10.9 Å². The van der Waals surface area contributed by atoms with Crippen molar-refractivity contribution in [3.63, 3.8) is 0 Å². The number of hydrogen-bond donors (Lipinski definition) is 0. The number of hydrogen-bond acceptors (Lipinski definition) is 3. The first-order valence-electron chi connectivity index (χ1n) is 4.28. The van der Waals surface area contributed by atoms with Gasteiger partial charge in [-0.3, -0.25) is 0 Å². The molecule has 2 nitrogen and oxygen atoms in total. The summed E-state index contributed by atoms with van der Waals surface area (Å²) in [6.07, 6.45) is 1.74. The fraction of sp³-hybridized carbons (Fsp3) is 0.400.